The van der Waals surface area contributed by atoms with Crippen LogP contribution in [0.2, 0.25) is 5.02 Å². The van der Waals surface area contributed by atoms with Gasteiger partial charge in [0, 0.05) is 9.62 Å². The summed E-state index contributed by atoms with van der Waals surface area (Å²) in [6.45, 7) is 3.24. The van der Waals surface area contributed by atoms with E-state index in [9.17, 15) is 19.5 Å². The molecular formula is C20H19ClFN3O4S2. The maximum Gasteiger partial charge on any atom is 0.327 e. The van der Waals surface area contributed by atoms with Gasteiger partial charge in [-0.2, -0.15) is 0 Å². The van der Waals surface area contributed by atoms with Crippen molar-refractivity contribution < 1.29 is 23.9 Å². The lowest BCUT2D eigenvalue weighted by Gasteiger charge is -2.47. The van der Waals surface area contributed by atoms with Crippen LogP contribution in [0.1, 0.15) is 24.8 Å². The number of rotatable bonds is 5. The van der Waals surface area contributed by atoms with Crippen LogP contribution in [0, 0.1) is 0 Å². The number of thioether (sulfide) groups is 1. The molecule has 7 nitrogen and oxygen atoms in total. The number of alkyl halides is 1. The smallest absolute Gasteiger partial charge is 0.327 e. The van der Waals surface area contributed by atoms with Gasteiger partial charge in [-0.1, -0.05) is 41.9 Å². The summed E-state index contributed by atoms with van der Waals surface area (Å²) in [4.78, 5) is 38.9. The molecule has 1 aromatic heterocycles. The molecule has 2 aromatic rings. The number of nitrogens with zero attached hydrogens (tertiary/aromatic N) is 1. The normalized spacial score (nSPS) is 27.4. The molecule has 4 rings (SSSR count). The number of carbonyl (C=O) groups excluding carboxylic acids is 2. The number of hydrogen-bond acceptors (Lipinski definition) is 6. The van der Waals surface area contributed by atoms with Crippen molar-refractivity contribution in [2.75, 3.05) is 0 Å². The summed E-state index contributed by atoms with van der Waals surface area (Å²) in [6, 6.07) is 8.56. The van der Waals surface area contributed by atoms with Gasteiger partial charge in [-0.15, -0.1) is 23.1 Å². The van der Waals surface area contributed by atoms with Gasteiger partial charge in [0.25, 0.3) is 11.7 Å². The zero-order valence-electron chi connectivity index (χ0n) is 16.5. The second-order valence-corrected chi connectivity index (χ2v) is 11.1. The van der Waals surface area contributed by atoms with Crippen LogP contribution < -0.4 is 11.1 Å². The monoisotopic (exact) mass is 483 g/mol. The fourth-order valence-corrected chi connectivity index (χ4v) is 6.89. The molecule has 0 aliphatic carbocycles. The first-order chi connectivity index (χ1) is 14.5. The van der Waals surface area contributed by atoms with Crippen molar-refractivity contribution in [1.82, 2.24) is 10.2 Å². The van der Waals surface area contributed by atoms with Gasteiger partial charge in [-0.3, -0.25) is 9.59 Å². The molecule has 31 heavy (non-hydrogen) atoms. The summed E-state index contributed by atoms with van der Waals surface area (Å²) in [5, 5.41) is 10.7. The average molecular weight is 484 g/mol. The molecule has 2 amide bonds. The van der Waals surface area contributed by atoms with Gasteiger partial charge in [0.15, 0.2) is 0 Å². The first-order valence-corrected chi connectivity index (χ1v) is 11.4. The van der Waals surface area contributed by atoms with Crippen LogP contribution in [0.15, 0.2) is 36.4 Å². The van der Waals surface area contributed by atoms with Crippen LogP contribution in [0.5, 0.6) is 0 Å². The predicted molar refractivity (Wildman–Crippen MR) is 117 cm³/mol. The van der Waals surface area contributed by atoms with E-state index in [2.05, 4.69) is 5.32 Å². The fraction of sp³-hybridized carbons (Fsp3) is 0.350. The minimum absolute atomic E-state index is 0.267. The number of fused-ring (bicyclic) bond motifs is 1. The molecule has 0 spiro atoms. The number of carboxylic acids is 1. The first kappa shape index (κ1) is 22.1. The number of nitrogens with two attached hydrogens (primary N) is 1. The van der Waals surface area contributed by atoms with Crippen LogP contribution in [0.4, 0.5) is 4.39 Å². The molecular weight excluding hydrogens is 465 g/mol. The molecule has 4 N–H and O–H groups in total. The predicted octanol–water partition coefficient (Wildman–Crippen LogP) is 3.00. The van der Waals surface area contributed by atoms with Crippen molar-refractivity contribution in [1.29, 1.82) is 0 Å². The maximum atomic E-state index is 15.5. The lowest BCUT2D eigenvalue weighted by Crippen LogP contribution is -2.77. The Hall–Kier alpha value is -2.14. The number of carbonyl (C=O) groups is 3. The van der Waals surface area contributed by atoms with Gasteiger partial charge in [-0.25, -0.2) is 9.18 Å². The Morgan fingerprint density at radius 1 is 1.32 bits per heavy atom. The largest absolute Gasteiger partial charge is 0.480 e. The van der Waals surface area contributed by atoms with Crippen molar-refractivity contribution >= 4 is 52.5 Å². The second kappa shape index (κ2) is 7.47. The van der Waals surface area contributed by atoms with E-state index in [-0.39, 0.29) is 5.02 Å². The topological polar surface area (TPSA) is 113 Å². The van der Waals surface area contributed by atoms with Crippen LogP contribution in [0.25, 0.3) is 10.4 Å². The Morgan fingerprint density at radius 3 is 2.58 bits per heavy atom. The number of amides is 2. The van der Waals surface area contributed by atoms with Gasteiger partial charge < -0.3 is 21.1 Å². The van der Waals surface area contributed by atoms with Crippen molar-refractivity contribution in [3.63, 3.8) is 0 Å². The lowest BCUT2D eigenvalue weighted by molar-refractivity contribution is -0.182. The van der Waals surface area contributed by atoms with Crippen molar-refractivity contribution in [2.24, 2.45) is 5.73 Å². The Morgan fingerprint density at radius 2 is 1.97 bits per heavy atom. The summed E-state index contributed by atoms with van der Waals surface area (Å²) in [6.07, 6.45) is 0. The molecule has 2 saturated heterocycles. The van der Waals surface area contributed by atoms with Crippen LogP contribution in [0.3, 0.4) is 0 Å². The highest BCUT2D eigenvalue weighted by Gasteiger charge is 2.73. The Labute approximate surface area is 190 Å². The summed E-state index contributed by atoms with van der Waals surface area (Å²) < 4.78 is 14.6. The van der Waals surface area contributed by atoms with Gasteiger partial charge in [-0.05, 0) is 25.5 Å². The molecule has 164 valence electrons. The zero-order chi connectivity index (χ0) is 22.7. The van der Waals surface area contributed by atoms with Crippen molar-refractivity contribution in [2.45, 2.75) is 41.8 Å². The van der Waals surface area contributed by atoms with E-state index in [1.807, 2.05) is 30.3 Å². The van der Waals surface area contributed by atoms with E-state index in [1.165, 1.54) is 11.3 Å². The Balaban J connectivity index is 1.54. The number of carboxylic acid groups (broad SMARTS) is 1. The third kappa shape index (κ3) is 3.42. The molecule has 0 bridgehead atoms. The molecule has 11 heteroatoms. The van der Waals surface area contributed by atoms with Crippen molar-refractivity contribution in [3.8, 4) is 10.4 Å². The number of aliphatic carboxylic acids is 1. The lowest BCUT2D eigenvalue weighted by atomic mass is 9.94. The maximum absolute atomic E-state index is 15.5. The number of nitrogens with one attached hydrogen (secondary N) is 1. The van der Waals surface area contributed by atoms with Gasteiger partial charge in [0.05, 0.1) is 9.90 Å². The molecule has 1 aromatic carbocycles. The van der Waals surface area contributed by atoms with Gasteiger partial charge in [0.1, 0.15) is 17.5 Å². The van der Waals surface area contributed by atoms with Crippen molar-refractivity contribution in [3.05, 3.63) is 46.3 Å². The molecule has 2 aliphatic rings. The van der Waals surface area contributed by atoms with Gasteiger partial charge >= 0.3 is 5.97 Å². The standard InChI is InChI=1S/C20H19ClFN3O4S2/c1-19(2)14(16(27)28)25-17(29)20(22,18(25)31-19)24-15(26)12(23)13-10(21)8-11(30-13)9-6-4-3-5-7-9/h3-8,12,14,18H,23H2,1-2H3,(H,24,26)(H,27,28)/t12?,14-,18+,20?/m0/s1. The highest BCUT2D eigenvalue weighted by molar-refractivity contribution is 8.01. The number of halogens is 2. The minimum Gasteiger partial charge on any atom is -0.480 e. The molecule has 4 atom stereocenters. The third-order valence-electron chi connectivity index (χ3n) is 5.37. The highest BCUT2D eigenvalue weighted by atomic mass is 35.5. The molecule has 2 fully saturated rings. The van der Waals surface area contributed by atoms with E-state index in [4.69, 9.17) is 17.3 Å². The molecule has 2 unspecified atom stereocenters. The SMILES string of the molecule is CC1(C)S[C@H]2N(C(=O)C2(F)NC(=O)C(N)c2sc(-c3ccccc3)cc2Cl)[C@H]1C(=O)O. The average Bonchev–Trinajstić information content (AvgIpc) is 3.23. The van der Waals surface area contributed by atoms with Crippen LogP contribution in [-0.4, -0.2) is 49.7 Å². The Kier molecular flexibility index (Phi) is 5.32. The molecule has 2 aliphatic heterocycles. The highest BCUT2D eigenvalue weighted by Crippen LogP contribution is 2.55. The molecule has 0 saturated carbocycles. The van der Waals surface area contributed by atoms with E-state index < -0.39 is 45.8 Å². The van der Waals surface area contributed by atoms with Crippen LogP contribution >= 0.6 is 34.7 Å². The quantitative estimate of drug-likeness (QED) is 0.445. The second-order valence-electron chi connectivity index (χ2n) is 7.89. The van der Waals surface area contributed by atoms with E-state index in [1.54, 1.807) is 19.9 Å². The minimum atomic E-state index is -2.73. The number of hydrogen-bond donors (Lipinski definition) is 3. The zero-order valence-corrected chi connectivity index (χ0v) is 18.9. The van der Waals surface area contributed by atoms with E-state index in [0.717, 1.165) is 27.1 Å². The van der Waals surface area contributed by atoms with E-state index >= 15 is 4.39 Å². The first-order valence-electron chi connectivity index (χ1n) is 9.32. The summed E-state index contributed by atoms with van der Waals surface area (Å²) >= 11 is 8.47. The summed E-state index contributed by atoms with van der Waals surface area (Å²) in [7, 11) is 0. The number of benzene rings is 1. The molecule has 3 heterocycles. The number of β-lactam (4-membered cyclic amide) rings is 1. The van der Waals surface area contributed by atoms with Gasteiger partial charge in [0.2, 0.25) is 5.91 Å². The van der Waals surface area contributed by atoms with Crippen LogP contribution in [-0.2, 0) is 14.4 Å². The molecule has 0 radical (unpaired) electrons. The third-order valence-corrected chi connectivity index (χ3v) is 8.66. The summed E-state index contributed by atoms with van der Waals surface area (Å²) in [5.41, 5.74) is 6.94. The summed E-state index contributed by atoms with van der Waals surface area (Å²) in [5.74, 6) is -5.95. The fourth-order valence-electron chi connectivity index (χ4n) is 3.85. The van der Waals surface area contributed by atoms with E-state index in [0.29, 0.717) is 4.88 Å². The number of thiophene rings is 1. The Bertz CT molecular complexity index is 1080.